The molecule has 1 aromatic heterocycles. The molecule has 0 saturated carbocycles. The lowest BCUT2D eigenvalue weighted by Crippen LogP contribution is -2.36. The van der Waals surface area contributed by atoms with Crippen LogP contribution in [0.5, 0.6) is 0 Å². The van der Waals surface area contributed by atoms with Crippen molar-refractivity contribution in [2.45, 2.75) is 5.41 Å². The van der Waals surface area contributed by atoms with Crippen LogP contribution in [0.2, 0.25) is 0 Å². The molecule has 292 valence electrons. The van der Waals surface area contributed by atoms with Gasteiger partial charge in [-0.2, -0.15) is 0 Å². The van der Waals surface area contributed by atoms with Gasteiger partial charge in [-0.3, -0.25) is 0 Å². The van der Waals surface area contributed by atoms with E-state index in [1.165, 1.54) is 108 Å². The quantitative estimate of drug-likeness (QED) is 0.171. The highest BCUT2D eigenvalue weighted by atomic mass is 32.1. The Morgan fingerprint density at radius 3 is 1.67 bits per heavy atom. The topological polar surface area (TPSA) is 3.24 Å². The Morgan fingerprint density at radius 2 is 0.873 bits per heavy atom. The van der Waals surface area contributed by atoms with Crippen LogP contribution >= 0.6 is 11.3 Å². The third-order valence-electron chi connectivity index (χ3n) is 14.0. The zero-order valence-electron chi connectivity index (χ0n) is 34.2. The lowest BCUT2D eigenvalue weighted by molar-refractivity contribution is 0.754. The van der Waals surface area contributed by atoms with E-state index in [2.05, 4.69) is 229 Å². The summed E-state index contributed by atoms with van der Waals surface area (Å²) in [5.74, 6) is 0. The molecule has 1 atom stereocenters. The summed E-state index contributed by atoms with van der Waals surface area (Å²) in [7, 11) is 0. The second-order valence-corrected chi connectivity index (χ2v) is 18.2. The summed E-state index contributed by atoms with van der Waals surface area (Å²) < 4.78 is 2.60. The van der Waals surface area contributed by atoms with E-state index in [-0.39, 0.29) is 0 Å². The first-order valence-electron chi connectivity index (χ1n) is 21.8. The molecule has 1 spiro atoms. The van der Waals surface area contributed by atoms with E-state index in [0.29, 0.717) is 0 Å². The first-order valence-corrected chi connectivity index (χ1v) is 22.7. The standard InChI is InChI=1S/C61H37NS/c1-2-15-39(16-3-1)43-32-33-49-44-18-6-9-23-52(44)61(54-25-12-21-48(43)59(49)54)53-24-10-7-19-45(53)50-34-35-56(51-22-13-26-55(61)60(50)51)62(41-29-28-38-14-4-5-17-40(38)36-41)42-30-31-47-46-20-8-11-27-57(46)63-58(47)37-42/h1-37H. The zero-order chi connectivity index (χ0) is 41.2. The minimum atomic E-state index is -0.579. The average molecular weight is 816 g/mol. The normalized spacial score (nSPS) is 14.7. The Bertz CT molecular complexity index is 3880. The van der Waals surface area contributed by atoms with Crippen LogP contribution in [-0.4, -0.2) is 0 Å². The number of benzene rings is 11. The van der Waals surface area contributed by atoms with Gasteiger partial charge < -0.3 is 4.90 Å². The summed E-state index contributed by atoms with van der Waals surface area (Å²) in [5.41, 5.74) is 15.8. The number of hydrogen-bond acceptors (Lipinski definition) is 2. The van der Waals surface area contributed by atoms with Gasteiger partial charge in [0.05, 0.1) is 11.1 Å². The number of anilines is 3. The van der Waals surface area contributed by atoms with E-state index in [4.69, 9.17) is 0 Å². The van der Waals surface area contributed by atoms with Gasteiger partial charge >= 0.3 is 0 Å². The van der Waals surface area contributed by atoms with Crippen molar-refractivity contribution in [1.29, 1.82) is 0 Å². The molecule has 63 heavy (non-hydrogen) atoms. The SMILES string of the molecule is c1ccc(-c2ccc3c4c(cccc24)C2(c4ccccc4-3)c3ccccc3-c3ccc(N(c4ccc5ccccc5c4)c4ccc5c(c4)sc4ccccc45)c4cccc2c34)cc1. The van der Waals surface area contributed by atoms with Crippen LogP contribution in [0.3, 0.4) is 0 Å². The Kier molecular flexibility index (Phi) is 7.26. The van der Waals surface area contributed by atoms with E-state index in [1.54, 1.807) is 0 Å². The van der Waals surface area contributed by atoms with Gasteiger partial charge in [0, 0.05) is 36.9 Å². The molecule has 2 aliphatic carbocycles. The fourth-order valence-corrected chi connectivity index (χ4v) is 12.6. The fraction of sp³-hybridized carbons (Fsp3) is 0.0164. The smallest absolute Gasteiger partial charge is 0.0725 e. The summed E-state index contributed by atoms with van der Waals surface area (Å²) in [6.45, 7) is 0. The molecule has 1 heterocycles. The molecular formula is C61H37NS. The second-order valence-electron chi connectivity index (χ2n) is 17.1. The van der Waals surface area contributed by atoms with Crippen LogP contribution < -0.4 is 4.90 Å². The molecule has 0 fully saturated rings. The molecule has 14 rings (SSSR count). The van der Waals surface area contributed by atoms with E-state index < -0.39 is 5.41 Å². The molecule has 12 aromatic rings. The summed E-state index contributed by atoms with van der Waals surface area (Å²) in [5, 5.41) is 10.2. The Labute approximate surface area is 369 Å². The third-order valence-corrected chi connectivity index (χ3v) is 15.2. The maximum Gasteiger partial charge on any atom is 0.0725 e. The molecule has 0 aliphatic heterocycles. The maximum absolute atomic E-state index is 2.50. The summed E-state index contributed by atoms with van der Waals surface area (Å²) in [4.78, 5) is 2.50. The highest BCUT2D eigenvalue weighted by molar-refractivity contribution is 7.25. The van der Waals surface area contributed by atoms with Crippen LogP contribution in [0.1, 0.15) is 22.3 Å². The first-order chi connectivity index (χ1) is 31.3. The van der Waals surface area contributed by atoms with Crippen molar-refractivity contribution in [2.24, 2.45) is 0 Å². The van der Waals surface area contributed by atoms with Crippen molar-refractivity contribution < 1.29 is 0 Å². The highest BCUT2D eigenvalue weighted by Crippen LogP contribution is 2.62. The van der Waals surface area contributed by atoms with E-state index in [1.807, 2.05) is 11.3 Å². The van der Waals surface area contributed by atoms with Gasteiger partial charge in [-0.25, -0.2) is 0 Å². The predicted octanol–water partition coefficient (Wildman–Crippen LogP) is 17.0. The van der Waals surface area contributed by atoms with E-state index in [9.17, 15) is 0 Å². The van der Waals surface area contributed by atoms with Gasteiger partial charge in [-0.1, -0.05) is 188 Å². The number of nitrogens with zero attached hydrogens (tertiary/aromatic N) is 1. The molecule has 0 radical (unpaired) electrons. The van der Waals surface area contributed by atoms with Crippen molar-refractivity contribution in [2.75, 3.05) is 4.90 Å². The molecule has 0 bridgehead atoms. The molecule has 2 aliphatic rings. The fourth-order valence-electron chi connectivity index (χ4n) is 11.5. The third kappa shape index (κ3) is 4.76. The molecule has 2 heteroatoms. The van der Waals surface area contributed by atoms with Gasteiger partial charge in [-0.05, 0) is 119 Å². The van der Waals surface area contributed by atoms with E-state index >= 15 is 0 Å². The molecule has 0 N–H and O–H groups in total. The van der Waals surface area contributed by atoms with Gasteiger partial charge in [0.15, 0.2) is 0 Å². The average Bonchev–Trinajstić information content (AvgIpc) is 3.73. The van der Waals surface area contributed by atoms with Crippen molar-refractivity contribution in [1.82, 2.24) is 0 Å². The molecule has 1 unspecified atom stereocenters. The molecule has 0 amide bonds. The highest BCUT2D eigenvalue weighted by Gasteiger charge is 2.48. The lowest BCUT2D eigenvalue weighted by atomic mass is 9.55. The number of rotatable bonds is 4. The first kappa shape index (κ1) is 34.9. The Hall–Kier alpha value is -7.78. The van der Waals surface area contributed by atoms with Crippen molar-refractivity contribution in [3.63, 3.8) is 0 Å². The lowest BCUT2D eigenvalue weighted by Gasteiger charge is -2.46. The van der Waals surface area contributed by atoms with Crippen LogP contribution in [0.15, 0.2) is 224 Å². The van der Waals surface area contributed by atoms with Crippen LogP contribution in [0.25, 0.3) is 85.9 Å². The van der Waals surface area contributed by atoms with Gasteiger partial charge in [0.2, 0.25) is 0 Å². The van der Waals surface area contributed by atoms with Crippen LogP contribution in [-0.2, 0) is 5.41 Å². The number of thiophene rings is 1. The second kappa shape index (κ2) is 13.1. The summed E-state index contributed by atoms with van der Waals surface area (Å²) in [6.07, 6.45) is 0. The molecule has 11 aromatic carbocycles. The van der Waals surface area contributed by atoms with Crippen molar-refractivity contribution >= 4 is 80.9 Å². The van der Waals surface area contributed by atoms with Crippen LogP contribution in [0.4, 0.5) is 17.1 Å². The monoisotopic (exact) mass is 815 g/mol. The molecular weight excluding hydrogens is 779 g/mol. The zero-order valence-corrected chi connectivity index (χ0v) is 35.0. The summed E-state index contributed by atoms with van der Waals surface area (Å²) >= 11 is 1.87. The minimum Gasteiger partial charge on any atom is -0.310 e. The Morgan fingerprint density at radius 1 is 0.317 bits per heavy atom. The van der Waals surface area contributed by atoms with Gasteiger partial charge in [0.25, 0.3) is 0 Å². The molecule has 1 nitrogen and oxygen atoms in total. The Balaban J connectivity index is 1.10. The van der Waals surface area contributed by atoms with E-state index in [0.717, 1.165) is 17.1 Å². The predicted molar refractivity (Wildman–Crippen MR) is 268 cm³/mol. The van der Waals surface area contributed by atoms with Gasteiger partial charge in [-0.15, -0.1) is 11.3 Å². The van der Waals surface area contributed by atoms with Crippen LogP contribution in [0, 0.1) is 0 Å². The summed E-state index contributed by atoms with van der Waals surface area (Å²) in [6, 6.07) is 84.4. The number of fused-ring (bicyclic) bond motifs is 12. The largest absolute Gasteiger partial charge is 0.310 e. The number of hydrogen-bond donors (Lipinski definition) is 0. The van der Waals surface area contributed by atoms with Crippen molar-refractivity contribution in [3.8, 4) is 33.4 Å². The molecule has 0 saturated heterocycles. The van der Waals surface area contributed by atoms with Crippen molar-refractivity contribution in [3.05, 3.63) is 247 Å². The van der Waals surface area contributed by atoms with Gasteiger partial charge in [0.1, 0.15) is 0 Å². The minimum absolute atomic E-state index is 0.579. The maximum atomic E-state index is 2.50.